The quantitative estimate of drug-likeness (QED) is 0.851. The number of carboxylic acid groups (broad SMARTS) is 1. The number of amides is 1. The third-order valence-corrected chi connectivity index (χ3v) is 4.29. The lowest BCUT2D eigenvalue weighted by Gasteiger charge is -2.26. The summed E-state index contributed by atoms with van der Waals surface area (Å²) in [6.45, 7) is 1.15. The van der Waals surface area contributed by atoms with Gasteiger partial charge in [-0.25, -0.2) is 18.0 Å². The van der Waals surface area contributed by atoms with E-state index in [1.807, 2.05) is 0 Å². The molecule has 0 bridgehead atoms. The minimum Gasteiger partial charge on any atom is -0.480 e. The van der Waals surface area contributed by atoms with Gasteiger partial charge in [-0.2, -0.15) is 0 Å². The second-order valence-corrected chi connectivity index (χ2v) is 5.34. The number of benzene rings is 1. The first kappa shape index (κ1) is 14.7. The van der Waals surface area contributed by atoms with Gasteiger partial charge < -0.3 is 10.0 Å². The zero-order valence-electron chi connectivity index (χ0n) is 10.3. The molecule has 0 saturated carbocycles. The van der Waals surface area contributed by atoms with Crippen LogP contribution in [-0.2, 0) is 9.59 Å². The summed E-state index contributed by atoms with van der Waals surface area (Å²) in [5.74, 6) is -6.11. The highest BCUT2D eigenvalue weighted by atomic mass is 32.2. The van der Waals surface area contributed by atoms with Gasteiger partial charge in [-0.3, -0.25) is 4.79 Å². The van der Waals surface area contributed by atoms with Gasteiger partial charge >= 0.3 is 5.97 Å². The molecule has 1 aliphatic heterocycles. The molecule has 1 amide bonds. The van der Waals surface area contributed by atoms with Crippen molar-refractivity contribution in [1.82, 2.24) is 4.90 Å². The fourth-order valence-electron chi connectivity index (χ4n) is 2.05. The maximum Gasteiger partial charge on any atom is 0.327 e. The average Bonchev–Trinajstić information content (AvgIpc) is 2.81. The molecule has 2 rings (SSSR count). The van der Waals surface area contributed by atoms with E-state index in [4.69, 9.17) is 5.11 Å². The fraction of sp³-hybridized carbons (Fsp3) is 0.333. The molecule has 1 fully saturated rings. The van der Waals surface area contributed by atoms with E-state index >= 15 is 0 Å². The highest BCUT2D eigenvalue weighted by Crippen LogP contribution is 2.42. The Morgan fingerprint density at radius 2 is 1.95 bits per heavy atom. The molecule has 0 aromatic heterocycles. The van der Waals surface area contributed by atoms with E-state index in [9.17, 15) is 22.8 Å². The summed E-state index contributed by atoms with van der Waals surface area (Å²) in [5, 5.41) is 8.05. The Bertz CT molecular complexity index is 581. The number of halogens is 3. The summed E-state index contributed by atoms with van der Waals surface area (Å²) in [6, 6.07) is 0.654. The van der Waals surface area contributed by atoms with Crippen LogP contribution in [0.15, 0.2) is 12.1 Å². The van der Waals surface area contributed by atoms with Crippen molar-refractivity contribution in [3.63, 3.8) is 0 Å². The largest absolute Gasteiger partial charge is 0.480 e. The fourth-order valence-corrected chi connectivity index (χ4v) is 3.54. The maximum absolute atomic E-state index is 13.8. The smallest absolute Gasteiger partial charge is 0.327 e. The Morgan fingerprint density at radius 3 is 2.50 bits per heavy atom. The molecule has 0 spiro atoms. The molecule has 2 atom stereocenters. The lowest BCUT2D eigenvalue weighted by atomic mass is 10.1. The van der Waals surface area contributed by atoms with Crippen molar-refractivity contribution in [2.75, 3.05) is 5.75 Å². The number of hydrogen-bond donors (Lipinski definition) is 1. The number of aliphatic carboxylic acids is 1. The first-order valence-corrected chi connectivity index (χ1v) is 6.66. The summed E-state index contributed by atoms with van der Waals surface area (Å²) >= 11 is 0.992. The molecular formula is C12H10F3NO3S. The van der Waals surface area contributed by atoms with Crippen molar-refractivity contribution in [3.8, 4) is 0 Å². The molecule has 1 aliphatic rings. The Morgan fingerprint density at radius 1 is 1.30 bits per heavy atom. The van der Waals surface area contributed by atoms with Crippen LogP contribution in [0.5, 0.6) is 0 Å². The molecule has 1 saturated heterocycles. The number of hydrogen-bond acceptors (Lipinski definition) is 3. The van der Waals surface area contributed by atoms with Crippen LogP contribution in [0.1, 0.15) is 17.9 Å². The lowest BCUT2D eigenvalue weighted by Crippen LogP contribution is -2.41. The molecule has 108 valence electrons. The monoisotopic (exact) mass is 305 g/mol. The van der Waals surface area contributed by atoms with Crippen LogP contribution in [-0.4, -0.2) is 33.7 Å². The molecule has 4 nitrogen and oxygen atoms in total. The molecule has 20 heavy (non-hydrogen) atoms. The van der Waals surface area contributed by atoms with Gasteiger partial charge in [0.15, 0.2) is 17.5 Å². The van der Waals surface area contributed by atoms with Crippen molar-refractivity contribution >= 4 is 23.6 Å². The number of carboxylic acids is 1. The van der Waals surface area contributed by atoms with E-state index in [-0.39, 0.29) is 11.3 Å². The second kappa shape index (κ2) is 5.35. The Hall–Kier alpha value is -1.70. The van der Waals surface area contributed by atoms with E-state index in [0.717, 1.165) is 35.7 Å². The number of carbonyl (C=O) groups excluding carboxylic acids is 1. The Kier molecular flexibility index (Phi) is 3.94. The zero-order valence-corrected chi connectivity index (χ0v) is 11.1. The Labute approximate surface area is 116 Å². The molecule has 1 unspecified atom stereocenters. The first-order valence-electron chi connectivity index (χ1n) is 5.61. The molecule has 0 radical (unpaired) electrons. The summed E-state index contributed by atoms with van der Waals surface area (Å²) in [5.41, 5.74) is -0.243. The predicted octanol–water partition coefficient (Wildman–Crippen LogP) is 2.15. The summed E-state index contributed by atoms with van der Waals surface area (Å²) in [6.07, 6.45) is 0. The molecule has 0 aliphatic carbocycles. The maximum atomic E-state index is 13.8. The molecule has 1 heterocycles. The van der Waals surface area contributed by atoms with E-state index in [1.54, 1.807) is 0 Å². The normalized spacial score (nSPS) is 22.1. The van der Waals surface area contributed by atoms with E-state index in [2.05, 4.69) is 0 Å². The van der Waals surface area contributed by atoms with Gasteiger partial charge in [-0.1, -0.05) is 6.07 Å². The second-order valence-electron chi connectivity index (χ2n) is 4.23. The third kappa shape index (κ3) is 2.35. The summed E-state index contributed by atoms with van der Waals surface area (Å²) in [4.78, 5) is 23.6. The van der Waals surface area contributed by atoms with Crippen molar-refractivity contribution in [2.24, 2.45) is 0 Å². The van der Waals surface area contributed by atoms with Gasteiger partial charge in [0.1, 0.15) is 11.4 Å². The highest BCUT2D eigenvalue weighted by Gasteiger charge is 2.42. The SMILES string of the molecule is CC(=O)N1C(c2ccc(F)c(F)c2F)SC[C@@H]1C(=O)O. The molecular weight excluding hydrogens is 295 g/mol. The molecule has 8 heteroatoms. The number of carbonyl (C=O) groups is 2. The van der Waals surface area contributed by atoms with Gasteiger partial charge in [0, 0.05) is 18.2 Å². The van der Waals surface area contributed by atoms with Gasteiger partial charge in [0.05, 0.1) is 0 Å². The van der Waals surface area contributed by atoms with E-state index < -0.39 is 40.7 Å². The predicted molar refractivity (Wildman–Crippen MR) is 65.5 cm³/mol. The van der Waals surface area contributed by atoms with Crippen LogP contribution in [0, 0.1) is 17.5 Å². The van der Waals surface area contributed by atoms with Crippen molar-refractivity contribution in [3.05, 3.63) is 35.1 Å². The minimum absolute atomic E-state index is 0.0536. The minimum atomic E-state index is -1.63. The molecule has 1 aromatic carbocycles. The first-order chi connectivity index (χ1) is 9.34. The van der Waals surface area contributed by atoms with Crippen LogP contribution >= 0.6 is 11.8 Å². The molecule has 1 N–H and O–H groups in total. The highest BCUT2D eigenvalue weighted by molar-refractivity contribution is 7.99. The van der Waals surface area contributed by atoms with Crippen LogP contribution in [0.25, 0.3) is 0 Å². The molecule has 1 aromatic rings. The lowest BCUT2D eigenvalue weighted by molar-refractivity contribution is -0.148. The van der Waals surface area contributed by atoms with Crippen molar-refractivity contribution in [2.45, 2.75) is 18.3 Å². The Balaban J connectivity index is 2.45. The topological polar surface area (TPSA) is 57.6 Å². The van der Waals surface area contributed by atoms with Crippen molar-refractivity contribution < 1.29 is 27.9 Å². The average molecular weight is 305 g/mol. The van der Waals surface area contributed by atoms with E-state index in [0.29, 0.717) is 0 Å². The van der Waals surface area contributed by atoms with Crippen LogP contribution in [0.2, 0.25) is 0 Å². The third-order valence-electron chi connectivity index (χ3n) is 2.98. The number of nitrogens with zero attached hydrogens (tertiary/aromatic N) is 1. The summed E-state index contributed by atoms with van der Waals surface area (Å²) < 4.78 is 39.9. The van der Waals surface area contributed by atoms with Crippen LogP contribution < -0.4 is 0 Å². The number of thioether (sulfide) groups is 1. The van der Waals surface area contributed by atoms with Gasteiger partial charge in [-0.05, 0) is 6.07 Å². The van der Waals surface area contributed by atoms with E-state index in [1.165, 1.54) is 0 Å². The van der Waals surface area contributed by atoms with Crippen LogP contribution in [0.3, 0.4) is 0 Å². The summed E-state index contributed by atoms with van der Waals surface area (Å²) in [7, 11) is 0. The van der Waals surface area contributed by atoms with Crippen molar-refractivity contribution in [1.29, 1.82) is 0 Å². The number of rotatable bonds is 2. The van der Waals surface area contributed by atoms with Gasteiger partial charge in [0.25, 0.3) is 0 Å². The van der Waals surface area contributed by atoms with Gasteiger partial charge in [0.2, 0.25) is 5.91 Å². The van der Waals surface area contributed by atoms with Crippen LogP contribution in [0.4, 0.5) is 13.2 Å². The zero-order chi connectivity index (χ0) is 15.0. The van der Waals surface area contributed by atoms with Gasteiger partial charge in [-0.15, -0.1) is 11.8 Å². The standard InChI is InChI=1S/C12H10F3NO3S/c1-5(17)16-8(12(18)19)4-20-11(16)6-2-3-7(13)10(15)9(6)14/h2-3,8,11H,4H2,1H3,(H,18,19)/t8-,11?/m1/s1.